The third-order valence-corrected chi connectivity index (χ3v) is 2.80. The fraction of sp³-hybridized carbons (Fsp3) is 0.429. The molecule has 0 atom stereocenters. The third kappa shape index (κ3) is 7.31. The van der Waals surface area contributed by atoms with Crippen molar-refractivity contribution in [2.75, 3.05) is 6.61 Å². The van der Waals surface area contributed by atoms with Crippen LogP contribution in [0.1, 0.15) is 25.3 Å². The molecular weight excluding hydrogens is 325 g/mol. The van der Waals surface area contributed by atoms with E-state index in [1.54, 1.807) is 6.07 Å². The molecule has 0 saturated heterocycles. The Hall–Kier alpha value is -1.76. The number of hydrogen-bond acceptors (Lipinski definition) is 4. The van der Waals surface area contributed by atoms with Crippen LogP contribution < -0.4 is 4.74 Å². The molecule has 22 heavy (non-hydrogen) atoms. The molecular formula is C14H14ClF3O4. The summed E-state index contributed by atoms with van der Waals surface area (Å²) in [6, 6.07) is 4.05. The van der Waals surface area contributed by atoms with Gasteiger partial charge in [-0.25, -0.2) is 0 Å². The Morgan fingerprint density at radius 2 is 1.95 bits per heavy atom. The van der Waals surface area contributed by atoms with Gasteiger partial charge in [-0.2, -0.15) is 0 Å². The van der Waals surface area contributed by atoms with Crippen molar-refractivity contribution in [2.45, 2.75) is 32.5 Å². The Bertz CT molecular complexity index is 543. The van der Waals surface area contributed by atoms with Gasteiger partial charge in [-0.3, -0.25) is 9.59 Å². The molecule has 8 heteroatoms. The van der Waals surface area contributed by atoms with E-state index in [4.69, 9.17) is 16.3 Å². The first-order valence-electron chi connectivity index (χ1n) is 6.36. The van der Waals surface area contributed by atoms with Crippen LogP contribution in [0.4, 0.5) is 13.2 Å². The van der Waals surface area contributed by atoms with E-state index in [-0.39, 0.29) is 23.8 Å². The van der Waals surface area contributed by atoms with Crippen molar-refractivity contribution in [3.63, 3.8) is 0 Å². The molecule has 0 N–H and O–H groups in total. The fourth-order valence-electron chi connectivity index (χ4n) is 1.62. The molecule has 0 radical (unpaired) electrons. The summed E-state index contributed by atoms with van der Waals surface area (Å²) < 4.78 is 45.2. The lowest BCUT2D eigenvalue weighted by Gasteiger charge is -2.12. The van der Waals surface area contributed by atoms with E-state index in [1.165, 1.54) is 19.1 Å². The van der Waals surface area contributed by atoms with Gasteiger partial charge in [0.2, 0.25) is 0 Å². The van der Waals surface area contributed by atoms with Crippen LogP contribution in [0, 0.1) is 0 Å². The molecule has 1 rings (SSSR count). The molecule has 4 nitrogen and oxygen atoms in total. The zero-order chi connectivity index (χ0) is 16.8. The topological polar surface area (TPSA) is 52.6 Å². The predicted molar refractivity (Wildman–Crippen MR) is 72.7 cm³/mol. The van der Waals surface area contributed by atoms with Crippen molar-refractivity contribution < 1.29 is 32.2 Å². The quantitative estimate of drug-likeness (QED) is 0.432. The van der Waals surface area contributed by atoms with Crippen LogP contribution in [0.3, 0.4) is 0 Å². The Labute approximate surface area is 130 Å². The zero-order valence-corrected chi connectivity index (χ0v) is 12.5. The van der Waals surface area contributed by atoms with Gasteiger partial charge in [0.05, 0.1) is 11.6 Å². The lowest BCUT2D eigenvalue weighted by Crippen LogP contribution is -2.17. The molecule has 0 amide bonds. The lowest BCUT2D eigenvalue weighted by atomic mass is 10.1. The second-order valence-electron chi connectivity index (χ2n) is 4.52. The van der Waals surface area contributed by atoms with Crippen LogP contribution in [0.25, 0.3) is 0 Å². The molecule has 0 aromatic heterocycles. The first kappa shape index (κ1) is 18.3. The summed E-state index contributed by atoms with van der Waals surface area (Å²) in [5.41, 5.74) is 0.561. The molecule has 0 heterocycles. The molecule has 122 valence electrons. The Kier molecular flexibility index (Phi) is 6.67. The van der Waals surface area contributed by atoms with Crippen molar-refractivity contribution >= 4 is 23.4 Å². The fourth-order valence-corrected chi connectivity index (χ4v) is 1.78. The third-order valence-electron chi connectivity index (χ3n) is 2.49. The number of hydrogen-bond donors (Lipinski definition) is 0. The number of ether oxygens (including phenoxy) is 2. The van der Waals surface area contributed by atoms with Gasteiger partial charge in [-0.05, 0) is 37.5 Å². The molecule has 0 fully saturated rings. The minimum atomic E-state index is -4.81. The SMILES string of the molecule is CC(=O)CC(=O)OCCCc1ccc(Cl)c(OC(F)(F)F)c1. The Balaban J connectivity index is 2.48. The van der Waals surface area contributed by atoms with Crippen molar-refractivity contribution in [2.24, 2.45) is 0 Å². The molecule has 1 aromatic rings. The van der Waals surface area contributed by atoms with Crippen molar-refractivity contribution in [1.29, 1.82) is 0 Å². The minimum absolute atomic E-state index is 0.0736. The van der Waals surface area contributed by atoms with Gasteiger partial charge in [0.25, 0.3) is 0 Å². The van der Waals surface area contributed by atoms with Crippen LogP contribution in [0.5, 0.6) is 5.75 Å². The van der Waals surface area contributed by atoms with Gasteiger partial charge < -0.3 is 9.47 Å². The number of Topliss-reactive ketones (excluding diaryl/α,β-unsaturated/α-hetero) is 1. The zero-order valence-electron chi connectivity index (χ0n) is 11.7. The number of alkyl halides is 3. The van der Waals surface area contributed by atoms with E-state index in [0.717, 1.165) is 0 Å². The number of halogens is 4. The number of esters is 1. The summed E-state index contributed by atoms with van der Waals surface area (Å²) in [7, 11) is 0. The minimum Gasteiger partial charge on any atom is -0.465 e. The normalized spacial score (nSPS) is 11.1. The number of ketones is 1. The van der Waals surface area contributed by atoms with Crippen molar-refractivity contribution in [1.82, 2.24) is 0 Å². The van der Waals surface area contributed by atoms with Gasteiger partial charge in [-0.1, -0.05) is 17.7 Å². The van der Waals surface area contributed by atoms with Crippen LogP contribution in [0.2, 0.25) is 5.02 Å². The Morgan fingerprint density at radius 3 is 2.55 bits per heavy atom. The maximum atomic E-state index is 12.2. The van der Waals surface area contributed by atoms with Gasteiger partial charge in [0, 0.05) is 0 Å². The maximum absolute atomic E-state index is 12.2. The average Bonchev–Trinajstić information content (AvgIpc) is 2.36. The van der Waals surface area contributed by atoms with E-state index < -0.39 is 18.1 Å². The molecule has 0 saturated carbocycles. The average molecular weight is 339 g/mol. The number of rotatable bonds is 7. The van der Waals surface area contributed by atoms with Crippen LogP contribution in [-0.4, -0.2) is 24.7 Å². The number of carbonyl (C=O) groups is 2. The second kappa shape index (κ2) is 8.03. The summed E-state index contributed by atoms with van der Waals surface area (Å²) >= 11 is 5.63. The molecule has 0 aliphatic heterocycles. The van der Waals surface area contributed by atoms with E-state index in [0.29, 0.717) is 18.4 Å². The number of aryl methyl sites for hydroxylation is 1. The highest BCUT2D eigenvalue weighted by molar-refractivity contribution is 6.32. The highest BCUT2D eigenvalue weighted by Gasteiger charge is 2.32. The monoisotopic (exact) mass is 338 g/mol. The molecule has 0 aliphatic carbocycles. The largest absolute Gasteiger partial charge is 0.573 e. The molecule has 0 bridgehead atoms. The smallest absolute Gasteiger partial charge is 0.465 e. The van der Waals surface area contributed by atoms with Gasteiger partial charge in [0.15, 0.2) is 0 Å². The summed E-state index contributed by atoms with van der Waals surface area (Å²) in [4.78, 5) is 21.8. The van der Waals surface area contributed by atoms with Crippen LogP contribution in [0.15, 0.2) is 18.2 Å². The Morgan fingerprint density at radius 1 is 1.27 bits per heavy atom. The van der Waals surface area contributed by atoms with E-state index in [9.17, 15) is 22.8 Å². The first-order chi connectivity index (χ1) is 10.2. The standard InChI is InChI=1S/C14H14ClF3O4/c1-9(19)7-13(20)21-6-2-3-10-4-5-11(15)12(8-10)22-14(16,17)18/h4-5,8H,2-3,6-7H2,1H3. The highest BCUT2D eigenvalue weighted by Crippen LogP contribution is 2.31. The number of benzene rings is 1. The van der Waals surface area contributed by atoms with Crippen LogP contribution in [-0.2, 0) is 20.7 Å². The first-order valence-corrected chi connectivity index (χ1v) is 6.74. The maximum Gasteiger partial charge on any atom is 0.573 e. The van der Waals surface area contributed by atoms with Crippen LogP contribution >= 0.6 is 11.6 Å². The number of carbonyl (C=O) groups excluding carboxylic acids is 2. The summed E-state index contributed by atoms with van der Waals surface area (Å²) in [6.07, 6.45) is -4.33. The molecule has 1 aromatic carbocycles. The summed E-state index contributed by atoms with van der Waals surface area (Å²) in [6.45, 7) is 1.35. The lowest BCUT2D eigenvalue weighted by molar-refractivity contribution is -0.274. The van der Waals surface area contributed by atoms with E-state index in [1.807, 2.05) is 0 Å². The summed E-state index contributed by atoms with van der Waals surface area (Å²) in [5.74, 6) is -1.39. The molecule has 0 aliphatic rings. The van der Waals surface area contributed by atoms with Crippen molar-refractivity contribution in [3.8, 4) is 5.75 Å². The van der Waals surface area contributed by atoms with E-state index in [2.05, 4.69) is 4.74 Å². The summed E-state index contributed by atoms with van der Waals surface area (Å²) in [5, 5.41) is -0.144. The molecule has 0 unspecified atom stereocenters. The van der Waals surface area contributed by atoms with Gasteiger partial charge >= 0.3 is 12.3 Å². The van der Waals surface area contributed by atoms with Gasteiger partial charge in [0.1, 0.15) is 18.0 Å². The highest BCUT2D eigenvalue weighted by atomic mass is 35.5. The van der Waals surface area contributed by atoms with Crippen molar-refractivity contribution in [3.05, 3.63) is 28.8 Å². The predicted octanol–water partition coefficient (Wildman–Crippen LogP) is 3.69. The second-order valence-corrected chi connectivity index (χ2v) is 4.92. The molecule has 0 spiro atoms. The van der Waals surface area contributed by atoms with Gasteiger partial charge in [-0.15, -0.1) is 13.2 Å². The van der Waals surface area contributed by atoms with E-state index >= 15 is 0 Å².